The number of nitrogens with zero attached hydrogens (tertiary/aromatic N) is 3. The minimum Gasteiger partial charge on any atom is -0.322 e. The van der Waals surface area contributed by atoms with Gasteiger partial charge in [0.2, 0.25) is 0 Å². The number of carbonyl (C=O) groups is 1. The van der Waals surface area contributed by atoms with Crippen LogP contribution < -0.4 is 5.32 Å². The number of thiophene rings is 2. The van der Waals surface area contributed by atoms with E-state index in [1.807, 2.05) is 22.4 Å². The lowest BCUT2D eigenvalue weighted by atomic mass is 10.3. The normalized spacial score (nSPS) is 15.4. The summed E-state index contributed by atoms with van der Waals surface area (Å²) in [5.74, 6) is 0. The summed E-state index contributed by atoms with van der Waals surface area (Å²) < 4.78 is 0. The molecule has 0 aliphatic carbocycles. The Hall–Kier alpha value is -1.74. The zero-order chi connectivity index (χ0) is 17.1. The maximum Gasteiger partial charge on any atom is 0.322 e. The number of piperazine rings is 1. The van der Waals surface area contributed by atoms with E-state index >= 15 is 0 Å². The molecule has 130 valence electrons. The molecule has 0 atom stereocenters. The van der Waals surface area contributed by atoms with Crippen molar-refractivity contribution in [3.05, 3.63) is 45.4 Å². The maximum absolute atomic E-state index is 12.3. The minimum atomic E-state index is -0.00340. The number of rotatable bonds is 4. The van der Waals surface area contributed by atoms with Gasteiger partial charge in [-0.05, 0) is 29.0 Å². The topological polar surface area (TPSA) is 48.5 Å². The summed E-state index contributed by atoms with van der Waals surface area (Å²) in [6.07, 6.45) is 0. The molecular weight excluding hydrogens is 372 g/mol. The van der Waals surface area contributed by atoms with Gasteiger partial charge in [-0.2, -0.15) is 0 Å². The van der Waals surface area contributed by atoms with Gasteiger partial charge >= 0.3 is 6.03 Å². The average molecular weight is 391 g/mol. The Morgan fingerprint density at radius 1 is 1.08 bits per heavy atom. The van der Waals surface area contributed by atoms with Crippen molar-refractivity contribution in [3.63, 3.8) is 0 Å². The number of nitrogens with one attached hydrogen (secondary N) is 1. The molecule has 2 amide bonds. The predicted octanol–water partition coefficient (Wildman–Crippen LogP) is 4.28. The number of thiazole rings is 1. The highest BCUT2D eigenvalue weighted by molar-refractivity contribution is 7.14. The Morgan fingerprint density at radius 2 is 1.88 bits per heavy atom. The standard InChI is InChI=1S/C17H18N4OS3/c22-17(19-15-4-2-10-24-15)21-7-5-20(6-8-21)11-16-18-13(12-25-16)14-3-1-9-23-14/h1-4,9-10,12H,5-8,11H2,(H,19,22). The molecule has 0 saturated carbocycles. The van der Waals surface area contributed by atoms with E-state index in [-0.39, 0.29) is 6.03 Å². The summed E-state index contributed by atoms with van der Waals surface area (Å²) in [7, 11) is 0. The second-order valence-corrected chi connectivity index (χ2v) is 8.61. The van der Waals surface area contributed by atoms with Gasteiger partial charge in [0.15, 0.2) is 0 Å². The smallest absolute Gasteiger partial charge is 0.322 e. The zero-order valence-corrected chi connectivity index (χ0v) is 16.0. The fourth-order valence-corrected chi connectivity index (χ4v) is 4.96. The van der Waals surface area contributed by atoms with Gasteiger partial charge in [0, 0.05) is 31.6 Å². The lowest BCUT2D eigenvalue weighted by Crippen LogP contribution is -2.49. The van der Waals surface area contributed by atoms with Crippen molar-refractivity contribution in [1.29, 1.82) is 0 Å². The van der Waals surface area contributed by atoms with Crippen molar-refractivity contribution >= 4 is 45.0 Å². The molecule has 0 spiro atoms. The molecule has 5 nitrogen and oxygen atoms in total. The number of hydrogen-bond acceptors (Lipinski definition) is 6. The first kappa shape index (κ1) is 16.7. The third-order valence-electron chi connectivity index (χ3n) is 4.10. The van der Waals surface area contributed by atoms with Gasteiger partial charge in [-0.25, -0.2) is 9.78 Å². The molecule has 1 aliphatic rings. The molecule has 0 unspecified atom stereocenters. The molecule has 1 aliphatic heterocycles. The third kappa shape index (κ3) is 4.09. The lowest BCUT2D eigenvalue weighted by Gasteiger charge is -2.34. The van der Waals surface area contributed by atoms with Crippen molar-refractivity contribution < 1.29 is 4.79 Å². The summed E-state index contributed by atoms with van der Waals surface area (Å²) in [6, 6.07) is 8.02. The largest absolute Gasteiger partial charge is 0.322 e. The van der Waals surface area contributed by atoms with Crippen molar-refractivity contribution in [3.8, 4) is 10.6 Å². The van der Waals surface area contributed by atoms with Gasteiger partial charge < -0.3 is 4.90 Å². The number of amides is 2. The predicted molar refractivity (Wildman–Crippen MR) is 106 cm³/mol. The molecule has 0 radical (unpaired) electrons. The van der Waals surface area contributed by atoms with Crippen LogP contribution in [-0.2, 0) is 6.54 Å². The van der Waals surface area contributed by atoms with E-state index in [2.05, 4.69) is 33.1 Å². The van der Waals surface area contributed by atoms with E-state index in [4.69, 9.17) is 4.98 Å². The molecular formula is C17H18N4OS3. The minimum absolute atomic E-state index is 0.00340. The van der Waals surface area contributed by atoms with Crippen LogP contribution in [0, 0.1) is 0 Å². The van der Waals surface area contributed by atoms with Gasteiger partial charge in [0.05, 0.1) is 22.1 Å². The highest BCUT2D eigenvalue weighted by Gasteiger charge is 2.22. The molecule has 0 aromatic carbocycles. The average Bonchev–Trinajstić information content (AvgIpc) is 3.38. The van der Waals surface area contributed by atoms with Crippen LogP contribution in [0.4, 0.5) is 9.80 Å². The van der Waals surface area contributed by atoms with Gasteiger partial charge in [-0.1, -0.05) is 6.07 Å². The Kier molecular flexibility index (Phi) is 5.12. The Balaban J connectivity index is 1.28. The van der Waals surface area contributed by atoms with Gasteiger partial charge in [0.1, 0.15) is 5.01 Å². The van der Waals surface area contributed by atoms with E-state index in [0.717, 1.165) is 48.4 Å². The Labute approximate surface area is 158 Å². The monoisotopic (exact) mass is 390 g/mol. The molecule has 0 bridgehead atoms. The van der Waals surface area contributed by atoms with E-state index < -0.39 is 0 Å². The van der Waals surface area contributed by atoms with Crippen LogP contribution >= 0.6 is 34.0 Å². The summed E-state index contributed by atoms with van der Waals surface area (Å²) in [4.78, 5) is 22.5. The number of aromatic nitrogens is 1. The molecule has 3 aromatic heterocycles. The van der Waals surface area contributed by atoms with Crippen molar-refractivity contribution in [1.82, 2.24) is 14.8 Å². The summed E-state index contributed by atoms with van der Waals surface area (Å²) in [5.41, 5.74) is 1.07. The van der Waals surface area contributed by atoms with Crippen LogP contribution in [0.15, 0.2) is 40.4 Å². The number of carbonyl (C=O) groups excluding carboxylic acids is 1. The molecule has 8 heteroatoms. The molecule has 4 heterocycles. The number of hydrogen-bond donors (Lipinski definition) is 1. The van der Waals surface area contributed by atoms with Crippen LogP contribution in [0.25, 0.3) is 10.6 Å². The van der Waals surface area contributed by atoms with E-state index in [1.165, 1.54) is 4.88 Å². The maximum atomic E-state index is 12.3. The molecule has 25 heavy (non-hydrogen) atoms. The first-order chi connectivity index (χ1) is 12.3. The fraction of sp³-hybridized carbons (Fsp3) is 0.294. The van der Waals surface area contributed by atoms with Crippen LogP contribution in [0.5, 0.6) is 0 Å². The fourth-order valence-electron chi connectivity index (χ4n) is 2.76. The lowest BCUT2D eigenvalue weighted by molar-refractivity contribution is 0.143. The van der Waals surface area contributed by atoms with E-state index in [9.17, 15) is 4.79 Å². The van der Waals surface area contributed by atoms with E-state index in [0.29, 0.717) is 0 Å². The second-order valence-electron chi connectivity index (χ2n) is 5.77. The zero-order valence-electron chi connectivity index (χ0n) is 13.6. The molecule has 3 aromatic rings. The van der Waals surface area contributed by atoms with Crippen molar-refractivity contribution in [2.45, 2.75) is 6.54 Å². The van der Waals surface area contributed by atoms with E-state index in [1.54, 1.807) is 34.0 Å². The van der Waals surface area contributed by atoms with Crippen LogP contribution in [0.1, 0.15) is 5.01 Å². The van der Waals surface area contributed by atoms with Gasteiger partial charge in [-0.15, -0.1) is 34.0 Å². The van der Waals surface area contributed by atoms with Gasteiger partial charge in [0.25, 0.3) is 0 Å². The summed E-state index contributed by atoms with van der Waals surface area (Å²) in [6.45, 7) is 4.12. The second kappa shape index (κ2) is 7.65. The quantitative estimate of drug-likeness (QED) is 0.723. The first-order valence-corrected chi connectivity index (χ1v) is 10.7. The molecule has 1 saturated heterocycles. The van der Waals surface area contributed by atoms with Crippen LogP contribution in [0.3, 0.4) is 0 Å². The number of anilines is 1. The van der Waals surface area contributed by atoms with Crippen LogP contribution in [0.2, 0.25) is 0 Å². The van der Waals surface area contributed by atoms with Crippen molar-refractivity contribution in [2.75, 3.05) is 31.5 Å². The Bertz CT molecular complexity index is 805. The van der Waals surface area contributed by atoms with Crippen molar-refractivity contribution in [2.24, 2.45) is 0 Å². The van der Waals surface area contributed by atoms with Gasteiger partial charge in [-0.3, -0.25) is 10.2 Å². The molecule has 1 N–H and O–H groups in total. The number of urea groups is 1. The SMILES string of the molecule is O=C(Nc1cccs1)N1CCN(Cc2nc(-c3cccs3)cs2)CC1. The molecule has 4 rings (SSSR count). The third-order valence-corrected chi connectivity index (χ3v) is 6.61. The molecule has 1 fully saturated rings. The Morgan fingerprint density at radius 3 is 2.60 bits per heavy atom. The first-order valence-electron chi connectivity index (χ1n) is 8.08. The highest BCUT2D eigenvalue weighted by atomic mass is 32.1. The highest BCUT2D eigenvalue weighted by Crippen LogP contribution is 2.26. The summed E-state index contributed by atoms with van der Waals surface area (Å²) in [5, 5.41) is 11.2. The summed E-state index contributed by atoms with van der Waals surface area (Å²) >= 11 is 4.98. The van der Waals surface area contributed by atoms with Crippen LogP contribution in [-0.4, -0.2) is 47.0 Å².